The molecule has 16 heavy (non-hydrogen) atoms. The number of hydrogen-bond acceptors (Lipinski definition) is 3. The molecule has 1 saturated carbocycles. The highest BCUT2D eigenvalue weighted by molar-refractivity contribution is 5.85. The molecule has 1 fully saturated rings. The fourth-order valence-corrected chi connectivity index (χ4v) is 2.38. The number of methoxy groups -OCH3 is 1. The molecule has 0 N–H and O–H groups in total. The summed E-state index contributed by atoms with van der Waals surface area (Å²) in [6.45, 7) is 6.59. The van der Waals surface area contributed by atoms with Crippen molar-refractivity contribution in [3.05, 3.63) is 0 Å². The molecule has 3 nitrogen and oxygen atoms in total. The van der Waals surface area contributed by atoms with Crippen molar-refractivity contribution in [2.75, 3.05) is 7.11 Å². The minimum Gasteiger partial charge on any atom is -0.469 e. The lowest BCUT2D eigenvalue weighted by molar-refractivity contribution is -0.145. The van der Waals surface area contributed by atoms with Crippen LogP contribution in [0.3, 0.4) is 0 Å². The summed E-state index contributed by atoms with van der Waals surface area (Å²) in [5.41, 5.74) is 0.217. The van der Waals surface area contributed by atoms with Crippen LogP contribution in [-0.4, -0.2) is 18.9 Å². The Balaban J connectivity index is 2.62. The van der Waals surface area contributed by atoms with Crippen LogP contribution >= 0.6 is 0 Å². The van der Waals surface area contributed by atoms with Crippen molar-refractivity contribution in [3.8, 4) is 0 Å². The van der Waals surface area contributed by atoms with Gasteiger partial charge in [0, 0.05) is 12.3 Å². The topological polar surface area (TPSA) is 43.4 Å². The van der Waals surface area contributed by atoms with Gasteiger partial charge in [-0.15, -0.1) is 0 Å². The Kier molecular flexibility index (Phi) is 4.11. The number of ketones is 1. The predicted octanol–water partition coefficient (Wildman–Crippen LogP) is 2.58. The van der Waals surface area contributed by atoms with Crippen molar-refractivity contribution < 1.29 is 14.3 Å². The number of ether oxygens (including phenoxy) is 1. The van der Waals surface area contributed by atoms with Gasteiger partial charge in [-0.2, -0.15) is 0 Å². The first-order chi connectivity index (χ1) is 7.34. The third-order valence-corrected chi connectivity index (χ3v) is 3.63. The Hall–Kier alpha value is -0.860. The van der Waals surface area contributed by atoms with Gasteiger partial charge in [-0.05, 0) is 24.2 Å². The predicted molar refractivity (Wildman–Crippen MR) is 61.9 cm³/mol. The second kappa shape index (κ2) is 4.98. The summed E-state index contributed by atoms with van der Waals surface area (Å²) < 4.78 is 4.63. The molecule has 1 rings (SSSR count). The maximum Gasteiger partial charge on any atom is 0.306 e. The standard InChI is InChI=1S/C13H22O3/c1-13(2,3)10-5-6-11(14)9(7-10)8-12(15)16-4/h9-10H,5-8H2,1-4H3. The maximum absolute atomic E-state index is 11.7. The largest absolute Gasteiger partial charge is 0.469 e. The van der Waals surface area contributed by atoms with E-state index in [9.17, 15) is 9.59 Å². The van der Waals surface area contributed by atoms with E-state index in [4.69, 9.17) is 0 Å². The van der Waals surface area contributed by atoms with Crippen LogP contribution in [0, 0.1) is 17.3 Å². The van der Waals surface area contributed by atoms with Crippen molar-refractivity contribution in [2.24, 2.45) is 17.3 Å². The van der Waals surface area contributed by atoms with Crippen molar-refractivity contribution in [1.82, 2.24) is 0 Å². The minimum absolute atomic E-state index is 0.120. The lowest BCUT2D eigenvalue weighted by Gasteiger charge is -2.36. The van der Waals surface area contributed by atoms with Gasteiger partial charge in [0.05, 0.1) is 13.5 Å². The van der Waals surface area contributed by atoms with Gasteiger partial charge in [-0.1, -0.05) is 20.8 Å². The average Bonchev–Trinajstić information content (AvgIpc) is 2.19. The fourth-order valence-electron chi connectivity index (χ4n) is 2.38. The van der Waals surface area contributed by atoms with Crippen molar-refractivity contribution in [2.45, 2.75) is 46.5 Å². The molecule has 1 aliphatic carbocycles. The van der Waals surface area contributed by atoms with E-state index in [2.05, 4.69) is 25.5 Å². The van der Waals surface area contributed by atoms with Gasteiger partial charge in [0.15, 0.2) is 0 Å². The first-order valence-electron chi connectivity index (χ1n) is 5.94. The molecule has 0 heterocycles. The molecule has 0 aromatic rings. The summed E-state index contributed by atoms with van der Waals surface area (Å²) in [4.78, 5) is 22.9. The maximum atomic E-state index is 11.7. The molecule has 92 valence electrons. The minimum atomic E-state index is -0.270. The van der Waals surface area contributed by atoms with Crippen LogP contribution in [0.15, 0.2) is 0 Å². The third-order valence-electron chi connectivity index (χ3n) is 3.63. The van der Waals surface area contributed by atoms with Gasteiger partial charge in [-0.25, -0.2) is 0 Å². The van der Waals surface area contributed by atoms with E-state index >= 15 is 0 Å². The quantitative estimate of drug-likeness (QED) is 0.680. The molecule has 0 bridgehead atoms. The van der Waals surface area contributed by atoms with E-state index in [1.165, 1.54) is 7.11 Å². The van der Waals surface area contributed by atoms with Gasteiger partial charge in [0.2, 0.25) is 0 Å². The Morgan fingerprint density at radius 2 is 2.06 bits per heavy atom. The van der Waals surface area contributed by atoms with E-state index in [-0.39, 0.29) is 29.5 Å². The number of carbonyl (C=O) groups is 2. The molecule has 3 heteroatoms. The van der Waals surface area contributed by atoms with Crippen LogP contribution < -0.4 is 0 Å². The first kappa shape index (κ1) is 13.2. The number of carbonyl (C=O) groups excluding carboxylic acids is 2. The lowest BCUT2D eigenvalue weighted by atomic mass is 9.68. The zero-order valence-electron chi connectivity index (χ0n) is 10.7. The van der Waals surface area contributed by atoms with Crippen LogP contribution in [-0.2, 0) is 14.3 Å². The van der Waals surface area contributed by atoms with E-state index in [0.717, 1.165) is 12.8 Å². The fraction of sp³-hybridized carbons (Fsp3) is 0.846. The molecule has 0 amide bonds. The summed E-state index contributed by atoms with van der Waals surface area (Å²) in [5.74, 6) is 0.365. The molecular weight excluding hydrogens is 204 g/mol. The second-order valence-corrected chi connectivity index (χ2v) is 5.78. The van der Waals surface area contributed by atoms with Gasteiger partial charge < -0.3 is 4.74 Å². The van der Waals surface area contributed by atoms with E-state index < -0.39 is 0 Å². The monoisotopic (exact) mass is 226 g/mol. The molecular formula is C13H22O3. The second-order valence-electron chi connectivity index (χ2n) is 5.78. The van der Waals surface area contributed by atoms with Gasteiger partial charge in [0.25, 0.3) is 0 Å². The van der Waals surface area contributed by atoms with E-state index in [1.54, 1.807) is 0 Å². The number of rotatable bonds is 2. The van der Waals surface area contributed by atoms with Crippen LogP contribution in [0.4, 0.5) is 0 Å². The molecule has 0 aromatic carbocycles. The molecule has 0 spiro atoms. The van der Waals surface area contributed by atoms with Crippen LogP contribution in [0.2, 0.25) is 0 Å². The van der Waals surface area contributed by atoms with Gasteiger partial charge >= 0.3 is 5.97 Å². The molecule has 0 saturated heterocycles. The first-order valence-corrected chi connectivity index (χ1v) is 5.94. The molecule has 0 aliphatic heterocycles. The van der Waals surface area contributed by atoms with Gasteiger partial charge in [0.1, 0.15) is 5.78 Å². The molecule has 0 aromatic heterocycles. The highest BCUT2D eigenvalue weighted by Crippen LogP contribution is 2.39. The zero-order valence-corrected chi connectivity index (χ0v) is 10.7. The van der Waals surface area contributed by atoms with Gasteiger partial charge in [-0.3, -0.25) is 9.59 Å². The number of hydrogen-bond donors (Lipinski definition) is 0. The van der Waals surface area contributed by atoms with Crippen molar-refractivity contribution in [3.63, 3.8) is 0 Å². The van der Waals surface area contributed by atoms with Crippen molar-refractivity contribution >= 4 is 11.8 Å². The van der Waals surface area contributed by atoms with E-state index in [1.807, 2.05) is 0 Å². The lowest BCUT2D eigenvalue weighted by Crippen LogP contribution is -2.33. The van der Waals surface area contributed by atoms with Crippen LogP contribution in [0.1, 0.15) is 46.5 Å². The SMILES string of the molecule is COC(=O)CC1CC(C(C)(C)C)CCC1=O. The molecule has 0 radical (unpaired) electrons. The molecule has 2 atom stereocenters. The number of esters is 1. The average molecular weight is 226 g/mol. The third kappa shape index (κ3) is 3.32. The summed E-state index contributed by atoms with van der Waals surface area (Å²) in [6.07, 6.45) is 2.66. The van der Waals surface area contributed by atoms with Crippen LogP contribution in [0.25, 0.3) is 0 Å². The number of Topliss-reactive ketones (excluding diaryl/α,β-unsaturated/α-hetero) is 1. The highest BCUT2D eigenvalue weighted by Gasteiger charge is 2.35. The zero-order chi connectivity index (χ0) is 12.3. The summed E-state index contributed by atoms with van der Waals surface area (Å²) in [5, 5.41) is 0. The highest BCUT2D eigenvalue weighted by atomic mass is 16.5. The summed E-state index contributed by atoms with van der Waals surface area (Å²) >= 11 is 0. The Labute approximate surface area is 97.5 Å². The Morgan fingerprint density at radius 1 is 1.44 bits per heavy atom. The summed E-state index contributed by atoms with van der Waals surface area (Å²) in [7, 11) is 1.37. The molecule has 1 aliphatic rings. The van der Waals surface area contributed by atoms with Crippen LogP contribution in [0.5, 0.6) is 0 Å². The van der Waals surface area contributed by atoms with Crippen molar-refractivity contribution in [1.29, 1.82) is 0 Å². The molecule has 2 unspecified atom stereocenters. The summed E-state index contributed by atoms with van der Waals surface area (Å²) in [6, 6.07) is 0. The van der Waals surface area contributed by atoms with E-state index in [0.29, 0.717) is 12.3 Å². The smallest absolute Gasteiger partial charge is 0.306 e. The Morgan fingerprint density at radius 3 is 2.56 bits per heavy atom. The Bertz CT molecular complexity index is 275. The normalized spacial score (nSPS) is 26.6.